The van der Waals surface area contributed by atoms with E-state index in [1.54, 1.807) is 29.9 Å². The summed E-state index contributed by atoms with van der Waals surface area (Å²) in [4.78, 5) is 23.5. The van der Waals surface area contributed by atoms with Gasteiger partial charge in [-0.2, -0.15) is 0 Å². The zero-order valence-corrected chi connectivity index (χ0v) is 9.65. The first-order chi connectivity index (χ1) is 8.19. The molecule has 2 N–H and O–H groups in total. The molecule has 2 heterocycles. The summed E-state index contributed by atoms with van der Waals surface area (Å²) in [6, 6.07) is 5.47. The molecule has 0 aromatic carbocycles. The number of hydrogen-bond acceptors (Lipinski definition) is 2. The minimum Gasteiger partial charge on any atom is -0.355 e. The van der Waals surface area contributed by atoms with Crippen LogP contribution in [0.1, 0.15) is 20.7 Å². The number of carbonyl (C=O) groups excluding carboxylic acids is 2. The Balaban J connectivity index is 2.73. The Morgan fingerprint density at radius 1 is 1.12 bits per heavy atom. The third-order valence-electron chi connectivity index (χ3n) is 2.61. The van der Waals surface area contributed by atoms with Crippen LogP contribution in [-0.2, 0) is 0 Å². The Hall–Kier alpha value is -2.30. The lowest BCUT2D eigenvalue weighted by Gasteiger charge is -2.02. The third-order valence-corrected chi connectivity index (χ3v) is 2.61. The van der Waals surface area contributed by atoms with Gasteiger partial charge >= 0.3 is 0 Å². The summed E-state index contributed by atoms with van der Waals surface area (Å²) >= 11 is 0. The lowest BCUT2D eigenvalue weighted by Crippen LogP contribution is -2.24. The van der Waals surface area contributed by atoms with Gasteiger partial charge in [0.1, 0.15) is 0 Å². The molecule has 0 aliphatic rings. The summed E-state index contributed by atoms with van der Waals surface area (Å²) in [5, 5.41) is 5.08. The van der Waals surface area contributed by atoms with E-state index >= 15 is 0 Å². The van der Waals surface area contributed by atoms with Crippen molar-refractivity contribution in [3.05, 3.63) is 41.7 Å². The first-order valence-electron chi connectivity index (χ1n) is 5.23. The predicted molar refractivity (Wildman–Crippen MR) is 64.2 cm³/mol. The average molecular weight is 231 g/mol. The third kappa shape index (κ3) is 1.75. The summed E-state index contributed by atoms with van der Waals surface area (Å²) < 4.78 is 1.76. The van der Waals surface area contributed by atoms with Gasteiger partial charge in [0.25, 0.3) is 11.8 Å². The van der Waals surface area contributed by atoms with Crippen molar-refractivity contribution in [2.75, 3.05) is 14.1 Å². The topological polar surface area (TPSA) is 62.6 Å². The molecule has 0 saturated heterocycles. The number of carbonyl (C=O) groups is 2. The first kappa shape index (κ1) is 11.2. The van der Waals surface area contributed by atoms with Crippen LogP contribution in [-0.4, -0.2) is 30.3 Å². The summed E-state index contributed by atoms with van der Waals surface area (Å²) in [5.41, 5.74) is 1.48. The van der Waals surface area contributed by atoms with Gasteiger partial charge in [0.15, 0.2) is 0 Å². The molecule has 0 fully saturated rings. The van der Waals surface area contributed by atoms with Crippen molar-refractivity contribution in [3.8, 4) is 0 Å². The van der Waals surface area contributed by atoms with E-state index in [0.29, 0.717) is 16.6 Å². The Labute approximate surface area is 98.4 Å². The smallest absolute Gasteiger partial charge is 0.254 e. The Kier molecular flexibility index (Phi) is 2.82. The maximum atomic E-state index is 11.8. The van der Waals surface area contributed by atoms with Crippen LogP contribution in [0, 0.1) is 0 Å². The van der Waals surface area contributed by atoms with E-state index in [4.69, 9.17) is 0 Å². The van der Waals surface area contributed by atoms with Crippen molar-refractivity contribution in [2.45, 2.75) is 0 Å². The van der Waals surface area contributed by atoms with Crippen LogP contribution in [0.15, 0.2) is 30.6 Å². The van der Waals surface area contributed by atoms with E-state index in [-0.39, 0.29) is 11.8 Å². The number of nitrogens with one attached hydrogen (secondary N) is 2. The monoisotopic (exact) mass is 231 g/mol. The maximum absolute atomic E-state index is 11.8. The van der Waals surface area contributed by atoms with Gasteiger partial charge in [-0.25, -0.2) is 0 Å². The minimum absolute atomic E-state index is 0.266. The molecule has 2 aromatic rings. The average Bonchev–Trinajstić information content (AvgIpc) is 2.76. The molecule has 0 radical (unpaired) electrons. The van der Waals surface area contributed by atoms with Crippen molar-refractivity contribution in [2.24, 2.45) is 0 Å². The fourth-order valence-electron chi connectivity index (χ4n) is 1.79. The van der Waals surface area contributed by atoms with Crippen LogP contribution in [0.4, 0.5) is 0 Å². The number of pyridine rings is 1. The van der Waals surface area contributed by atoms with Gasteiger partial charge in [-0.3, -0.25) is 9.59 Å². The fraction of sp³-hybridized carbons (Fsp3) is 0.167. The summed E-state index contributed by atoms with van der Waals surface area (Å²) in [7, 11) is 3.08. The number of amides is 2. The van der Waals surface area contributed by atoms with Crippen molar-refractivity contribution in [1.82, 2.24) is 15.0 Å². The van der Waals surface area contributed by atoms with E-state index in [0.717, 1.165) is 0 Å². The molecule has 2 aromatic heterocycles. The van der Waals surface area contributed by atoms with Crippen molar-refractivity contribution in [3.63, 3.8) is 0 Å². The summed E-state index contributed by atoms with van der Waals surface area (Å²) in [6.45, 7) is 0. The van der Waals surface area contributed by atoms with Crippen LogP contribution >= 0.6 is 0 Å². The fourth-order valence-corrected chi connectivity index (χ4v) is 1.79. The standard InChI is InChI=1S/C12H13N3O2/c1-13-11(16)8-7-15-6-4-3-5-9(15)10(8)12(17)14-2/h3-7H,1-2H3,(H,13,16)(H,14,17). The Morgan fingerprint density at radius 3 is 2.47 bits per heavy atom. The minimum atomic E-state index is -0.271. The van der Waals surface area contributed by atoms with Crippen LogP contribution < -0.4 is 10.6 Å². The van der Waals surface area contributed by atoms with E-state index in [1.165, 1.54) is 7.05 Å². The molecule has 0 bridgehead atoms. The van der Waals surface area contributed by atoms with Gasteiger partial charge < -0.3 is 15.0 Å². The highest BCUT2D eigenvalue weighted by atomic mass is 16.2. The zero-order valence-electron chi connectivity index (χ0n) is 9.65. The first-order valence-corrected chi connectivity index (χ1v) is 5.23. The Bertz CT molecular complexity index is 586. The number of aromatic nitrogens is 1. The molecule has 17 heavy (non-hydrogen) atoms. The Morgan fingerprint density at radius 2 is 1.82 bits per heavy atom. The van der Waals surface area contributed by atoms with Gasteiger partial charge in [0, 0.05) is 26.5 Å². The van der Waals surface area contributed by atoms with Crippen molar-refractivity contribution < 1.29 is 9.59 Å². The van der Waals surface area contributed by atoms with Gasteiger partial charge in [0.2, 0.25) is 0 Å². The maximum Gasteiger partial charge on any atom is 0.254 e. The van der Waals surface area contributed by atoms with Crippen LogP contribution in [0.2, 0.25) is 0 Å². The molecule has 0 spiro atoms. The van der Waals surface area contributed by atoms with Gasteiger partial charge in [-0.1, -0.05) is 6.07 Å². The largest absolute Gasteiger partial charge is 0.355 e. The molecule has 0 atom stereocenters. The van der Waals surface area contributed by atoms with Gasteiger partial charge in [0.05, 0.1) is 16.6 Å². The normalized spacial score (nSPS) is 10.2. The molecular weight excluding hydrogens is 218 g/mol. The molecule has 0 aliphatic heterocycles. The van der Waals surface area contributed by atoms with E-state index in [1.807, 2.05) is 12.1 Å². The van der Waals surface area contributed by atoms with E-state index in [9.17, 15) is 9.59 Å². The molecule has 5 heteroatoms. The summed E-state index contributed by atoms with van der Waals surface area (Å²) in [6.07, 6.45) is 3.45. The molecule has 2 amide bonds. The number of fused-ring (bicyclic) bond motifs is 1. The van der Waals surface area contributed by atoms with Crippen LogP contribution in [0.3, 0.4) is 0 Å². The van der Waals surface area contributed by atoms with Crippen LogP contribution in [0.25, 0.3) is 5.52 Å². The second-order valence-corrected chi connectivity index (χ2v) is 3.57. The van der Waals surface area contributed by atoms with E-state index < -0.39 is 0 Å². The summed E-state index contributed by atoms with van der Waals surface area (Å²) in [5.74, 6) is -0.537. The SMILES string of the molecule is CNC(=O)c1cn2ccccc2c1C(=O)NC. The molecule has 0 unspecified atom stereocenters. The number of hydrogen-bond donors (Lipinski definition) is 2. The lowest BCUT2D eigenvalue weighted by molar-refractivity contribution is 0.0931. The second kappa shape index (κ2) is 4.29. The molecule has 2 rings (SSSR count). The number of nitrogens with zero attached hydrogens (tertiary/aromatic N) is 1. The molecule has 88 valence electrons. The van der Waals surface area contributed by atoms with Gasteiger partial charge in [-0.05, 0) is 12.1 Å². The zero-order chi connectivity index (χ0) is 12.4. The molecule has 0 saturated carbocycles. The highest BCUT2D eigenvalue weighted by Crippen LogP contribution is 2.18. The predicted octanol–water partition coefficient (Wildman–Crippen LogP) is 0.658. The quantitative estimate of drug-likeness (QED) is 0.797. The van der Waals surface area contributed by atoms with Crippen molar-refractivity contribution >= 4 is 17.3 Å². The lowest BCUT2D eigenvalue weighted by atomic mass is 10.1. The van der Waals surface area contributed by atoms with Crippen molar-refractivity contribution in [1.29, 1.82) is 0 Å². The molecule has 0 aliphatic carbocycles. The molecular formula is C12H13N3O2. The molecule has 5 nitrogen and oxygen atoms in total. The van der Waals surface area contributed by atoms with Crippen LogP contribution in [0.5, 0.6) is 0 Å². The highest BCUT2D eigenvalue weighted by Gasteiger charge is 2.20. The number of rotatable bonds is 2. The van der Waals surface area contributed by atoms with Gasteiger partial charge in [-0.15, -0.1) is 0 Å². The van der Waals surface area contributed by atoms with E-state index in [2.05, 4.69) is 10.6 Å². The second-order valence-electron chi connectivity index (χ2n) is 3.57. The highest BCUT2D eigenvalue weighted by molar-refractivity contribution is 6.11.